The van der Waals surface area contributed by atoms with E-state index >= 15 is 0 Å². The fraction of sp³-hybridized carbons (Fsp3) is 0.455. The van der Waals surface area contributed by atoms with Crippen LogP contribution in [0.2, 0.25) is 0 Å². The first-order chi connectivity index (χ1) is 15.2. The predicted molar refractivity (Wildman–Crippen MR) is 114 cm³/mol. The molecule has 1 aliphatic carbocycles. The van der Waals surface area contributed by atoms with Gasteiger partial charge in [0.2, 0.25) is 24.0 Å². The highest BCUT2D eigenvalue weighted by Gasteiger charge is 2.23. The van der Waals surface area contributed by atoms with Crippen LogP contribution in [0.15, 0.2) is 33.3 Å². The van der Waals surface area contributed by atoms with Gasteiger partial charge in [-0.1, -0.05) is 29.4 Å². The summed E-state index contributed by atoms with van der Waals surface area (Å²) in [5.41, 5.74) is 4.40. The molecule has 2 unspecified atom stereocenters. The number of fused-ring (bicyclic) bond motifs is 1. The maximum atomic E-state index is 10.6. The van der Waals surface area contributed by atoms with Crippen LogP contribution in [0.5, 0.6) is 0 Å². The Morgan fingerprint density at radius 3 is 2.77 bits per heavy atom. The minimum Gasteiger partial charge on any atom is -0.381 e. The van der Waals surface area contributed by atoms with E-state index in [0.717, 1.165) is 62.4 Å². The monoisotopic (exact) mass is 425 g/mol. The average molecular weight is 425 g/mol. The summed E-state index contributed by atoms with van der Waals surface area (Å²) in [5.74, 6) is 2.43. The second-order valence-electron chi connectivity index (χ2n) is 7.58. The first-order valence-corrected chi connectivity index (χ1v) is 10.6. The van der Waals surface area contributed by atoms with Crippen molar-refractivity contribution in [2.45, 2.75) is 44.6 Å². The number of anilines is 1. The number of nitrogens with zero attached hydrogens (tertiary/aromatic N) is 3. The Bertz CT molecular complexity index is 1010. The summed E-state index contributed by atoms with van der Waals surface area (Å²) >= 11 is 0. The number of aryl methyl sites for hydroxylation is 2. The van der Waals surface area contributed by atoms with Crippen molar-refractivity contribution < 1.29 is 18.6 Å². The molecular weight excluding hydrogens is 398 g/mol. The molecule has 2 aliphatic rings. The van der Waals surface area contributed by atoms with Crippen LogP contribution >= 0.6 is 0 Å². The number of carbonyl (C=O) groups excluding carboxylic acids is 1. The van der Waals surface area contributed by atoms with Crippen molar-refractivity contribution in [3.8, 4) is 11.4 Å². The van der Waals surface area contributed by atoms with Crippen LogP contribution in [0.4, 0.5) is 5.88 Å². The highest BCUT2D eigenvalue weighted by Crippen LogP contribution is 2.33. The molecule has 5 rings (SSSR count). The Balaban J connectivity index is 0.000000166. The maximum absolute atomic E-state index is 10.6. The van der Waals surface area contributed by atoms with Crippen LogP contribution in [0.1, 0.15) is 54.4 Å². The molecule has 3 aromatic rings. The Labute approximate surface area is 180 Å². The zero-order valence-corrected chi connectivity index (χ0v) is 17.8. The summed E-state index contributed by atoms with van der Waals surface area (Å²) in [6.45, 7) is 3.60. The van der Waals surface area contributed by atoms with Crippen molar-refractivity contribution in [1.29, 1.82) is 0 Å². The summed E-state index contributed by atoms with van der Waals surface area (Å²) in [7, 11) is 1.81. The Kier molecular flexibility index (Phi) is 6.61. The summed E-state index contributed by atoms with van der Waals surface area (Å²) < 4.78 is 15.4. The number of amides is 1. The van der Waals surface area contributed by atoms with E-state index in [1.54, 1.807) is 0 Å². The van der Waals surface area contributed by atoms with Crippen molar-refractivity contribution in [2.24, 2.45) is 0 Å². The zero-order valence-electron chi connectivity index (χ0n) is 17.8. The summed E-state index contributed by atoms with van der Waals surface area (Å²) in [6, 6.07) is 8.18. The van der Waals surface area contributed by atoms with Crippen molar-refractivity contribution in [1.82, 2.24) is 20.6 Å². The maximum Gasteiger partial charge on any atom is 0.226 e. The smallest absolute Gasteiger partial charge is 0.226 e. The first-order valence-electron chi connectivity index (χ1n) is 10.6. The molecule has 1 amide bonds. The number of carbonyl (C=O) groups is 1. The molecule has 3 heterocycles. The van der Waals surface area contributed by atoms with E-state index in [-0.39, 0.29) is 6.04 Å². The lowest BCUT2D eigenvalue weighted by atomic mass is 10.0. The van der Waals surface area contributed by atoms with E-state index in [4.69, 9.17) is 13.8 Å². The van der Waals surface area contributed by atoms with Gasteiger partial charge < -0.3 is 24.4 Å². The Morgan fingerprint density at radius 2 is 2.10 bits per heavy atom. The van der Waals surface area contributed by atoms with E-state index in [2.05, 4.69) is 32.0 Å². The van der Waals surface area contributed by atoms with Crippen molar-refractivity contribution in [3.05, 3.63) is 47.0 Å². The third-order valence-electron chi connectivity index (χ3n) is 5.64. The van der Waals surface area contributed by atoms with Crippen LogP contribution in [-0.4, -0.2) is 42.0 Å². The molecule has 0 bridgehead atoms. The lowest BCUT2D eigenvalue weighted by molar-refractivity contribution is -0.110. The number of benzene rings is 1. The van der Waals surface area contributed by atoms with Gasteiger partial charge >= 0.3 is 0 Å². The summed E-state index contributed by atoms with van der Waals surface area (Å²) in [5, 5.41) is 13.7. The second kappa shape index (κ2) is 9.74. The minimum atomic E-state index is 0.137. The largest absolute Gasteiger partial charge is 0.381 e. The fourth-order valence-corrected chi connectivity index (χ4v) is 3.89. The number of rotatable bonds is 6. The average Bonchev–Trinajstić information content (AvgIpc) is 3.60. The Hall–Kier alpha value is -3.20. The van der Waals surface area contributed by atoms with Gasteiger partial charge in [0.1, 0.15) is 0 Å². The fourth-order valence-electron chi connectivity index (χ4n) is 3.89. The van der Waals surface area contributed by atoms with Crippen molar-refractivity contribution in [3.63, 3.8) is 0 Å². The second-order valence-corrected chi connectivity index (χ2v) is 7.58. The molecule has 31 heavy (non-hydrogen) atoms. The van der Waals surface area contributed by atoms with Gasteiger partial charge in [-0.3, -0.25) is 4.79 Å². The normalized spacial score (nSPS) is 19.4. The molecule has 9 heteroatoms. The molecule has 0 saturated carbocycles. The van der Waals surface area contributed by atoms with Crippen molar-refractivity contribution in [2.75, 3.05) is 25.6 Å². The van der Waals surface area contributed by atoms with Crippen LogP contribution in [0.25, 0.3) is 11.4 Å². The van der Waals surface area contributed by atoms with Crippen LogP contribution in [-0.2, 0) is 22.4 Å². The van der Waals surface area contributed by atoms with Gasteiger partial charge in [-0.25, -0.2) is 0 Å². The molecule has 0 radical (unpaired) electrons. The van der Waals surface area contributed by atoms with Gasteiger partial charge in [0.15, 0.2) is 0 Å². The van der Waals surface area contributed by atoms with Gasteiger partial charge in [-0.2, -0.15) is 4.98 Å². The molecular formula is C22H27N5O4. The van der Waals surface area contributed by atoms with Gasteiger partial charge in [0.05, 0.1) is 18.3 Å². The standard InChI is InChI=1S/C14H15N3O2.C8H12N2O2/c1-2-13-16-14(17-19-13)10-3-5-11-9(7-10)4-6-12(11)15-8-18;1-9-8-4-7(10-12-8)6-2-3-11-5-6/h3,5,7-8,12H,2,4,6H2,1H3,(H,15,18);4,6,9H,2-3,5H2,1H3. The molecule has 2 aromatic heterocycles. The number of hydrogen-bond donors (Lipinski definition) is 2. The third kappa shape index (κ3) is 4.77. The van der Waals surface area contributed by atoms with E-state index in [1.807, 2.05) is 32.2 Å². The molecule has 9 nitrogen and oxygen atoms in total. The number of aromatic nitrogens is 3. The molecule has 2 N–H and O–H groups in total. The highest BCUT2D eigenvalue weighted by atomic mass is 16.5. The number of ether oxygens (including phenoxy) is 1. The third-order valence-corrected chi connectivity index (χ3v) is 5.64. The van der Waals surface area contributed by atoms with Crippen LogP contribution < -0.4 is 10.6 Å². The van der Waals surface area contributed by atoms with E-state index in [9.17, 15) is 4.79 Å². The Morgan fingerprint density at radius 1 is 1.19 bits per heavy atom. The minimum absolute atomic E-state index is 0.137. The van der Waals surface area contributed by atoms with Gasteiger partial charge in [-0.15, -0.1) is 0 Å². The van der Waals surface area contributed by atoms with E-state index < -0.39 is 0 Å². The number of nitrogens with one attached hydrogen (secondary N) is 2. The quantitative estimate of drug-likeness (QED) is 0.578. The van der Waals surface area contributed by atoms with E-state index in [1.165, 1.54) is 11.1 Å². The van der Waals surface area contributed by atoms with Crippen molar-refractivity contribution >= 4 is 12.3 Å². The summed E-state index contributed by atoms with van der Waals surface area (Å²) in [6.07, 6.45) is 4.47. The molecule has 1 aliphatic heterocycles. The van der Waals surface area contributed by atoms with Crippen LogP contribution in [0, 0.1) is 0 Å². The number of hydrogen-bond acceptors (Lipinski definition) is 8. The van der Waals surface area contributed by atoms with E-state index in [0.29, 0.717) is 17.6 Å². The summed E-state index contributed by atoms with van der Waals surface area (Å²) in [4.78, 5) is 14.9. The molecule has 1 fully saturated rings. The zero-order chi connectivity index (χ0) is 21.6. The lowest BCUT2D eigenvalue weighted by Gasteiger charge is -2.09. The lowest BCUT2D eigenvalue weighted by Crippen LogP contribution is -2.16. The van der Waals surface area contributed by atoms with Gasteiger partial charge in [0, 0.05) is 37.6 Å². The van der Waals surface area contributed by atoms with Crippen LogP contribution in [0.3, 0.4) is 0 Å². The molecule has 1 saturated heterocycles. The SMILES string of the molecule is CCc1nc(-c2ccc3c(c2)CCC3NC=O)no1.CNc1cc(C2CCOC2)no1. The first kappa shape index (κ1) is 21.0. The topological polar surface area (TPSA) is 115 Å². The van der Waals surface area contributed by atoms with Gasteiger partial charge in [-0.05, 0) is 36.5 Å². The molecule has 1 aromatic carbocycles. The predicted octanol–water partition coefficient (Wildman–Crippen LogP) is 3.25. The van der Waals surface area contributed by atoms with Gasteiger partial charge in [0.25, 0.3) is 0 Å². The molecule has 2 atom stereocenters. The highest BCUT2D eigenvalue weighted by molar-refractivity contribution is 5.59. The molecule has 164 valence electrons. The molecule has 0 spiro atoms.